The lowest BCUT2D eigenvalue weighted by molar-refractivity contribution is 0.138. The molecule has 140 valence electrons. The summed E-state index contributed by atoms with van der Waals surface area (Å²) in [6.45, 7) is 6.01. The van der Waals surface area contributed by atoms with Crippen LogP contribution in [0, 0.1) is 10.7 Å². The quantitative estimate of drug-likeness (QED) is 0.623. The maximum Gasteiger partial charge on any atom is 0.199 e. The fraction of sp³-hybridized carbons (Fsp3) is 0.381. The van der Waals surface area contributed by atoms with Crippen molar-refractivity contribution >= 4 is 12.2 Å². The zero-order valence-electron chi connectivity index (χ0n) is 15.7. The van der Waals surface area contributed by atoms with E-state index in [1.807, 2.05) is 22.9 Å². The molecule has 0 bridgehead atoms. The highest BCUT2D eigenvalue weighted by Crippen LogP contribution is 2.21. The zero-order chi connectivity index (χ0) is 18.6. The van der Waals surface area contributed by atoms with Crippen molar-refractivity contribution in [3.63, 3.8) is 0 Å². The fourth-order valence-electron chi connectivity index (χ4n) is 3.76. The average molecular weight is 380 g/mol. The van der Waals surface area contributed by atoms with Crippen molar-refractivity contribution < 1.29 is 0 Å². The third-order valence-electron chi connectivity index (χ3n) is 5.12. The largest absolute Gasteiger partial charge is 0.295 e. The second-order valence-electron chi connectivity index (χ2n) is 7.38. The molecule has 0 spiro atoms. The molecule has 6 heteroatoms. The minimum Gasteiger partial charge on any atom is -0.295 e. The van der Waals surface area contributed by atoms with E-state index in [-0.39, 0.29) is 0 Å². The van der Waals surface area contributed by atoms with Gasteiger partial charge in [0, 0.05) is 24.5 Å². The Morgan fingerprint density at radius 3 is 2.63 bits per heavy atom. The van der Waals surface area contributed by atoms with Crippen molar-refractivity contribution in [3.8, 4) is 11.4 Å². The smallest absolute Gasteiger partial charge is 0.199 e. The Kier molecular flexibility index (Phi) is 5.45. The van der Waals surface area contributed by atoms with Gasteiger partial charge < -0.3 is 0 Å². The van der Waals surface area contributed by atoms with E-state index in [9.17, 15) is 0 Å². The Hall–Kier alpha value is -2.31. The van der Waals surface area contributed by atoms with Crippen molar-refractivity contribution in [2.45, 2.75) is 33.0 Å². The van der Waals surface area contributed by atoms with Gasteiger partial charge in [-0.3, -0.25) is 14.5 Å². The number of rotatable bonds is 5. The molecule has 3 heterocycles. The number of pyridine rings is 1. The second kappa shape index (κ2) is 8.15. The summed E-state index contributed by atoms with van der Waals surface area (Å²) < 4.78 is 4.88. The van der Waals surface area contributed by atoms with Crippen LogP contribution < -0.4 is 0 Å². The van der Waals surface area contributed by atoms with Crippen LogP contribution in [0.2, 0.25) is 0 Å². The molecule has 0 saturated carbocycles. The Morgan fingerprint density at radius 1 is 1.11 bits per heavy atom. The molecule has 1 atom stereocenters. The van der Waals surface area contributed by atoms with Gasteiger partial charge in [0.2, 0.25) is 0 Å². The second-order valence-corrected chi connectivity index (χ2v) is 7.74. The van der Waals surface area contributed by atoms with Gasteiger partial charge in [0.15, 0.2) is 10.6 Å². The minimum absolute atomic E-state index is 0.716. The summed E-state index contributed by atoms with van der Waals surface area (Å²) in [5, 5.41) is 4.90. The normalized spacial score (nSPS) is 17.9. The van der Waals surface area contributed by atoms with Gasteiger partial charge in [-0.25, -0.2) is 4.68 Å². The van der Waals surface area contributed by atoms with Gasteiger partial charge in [0.25, 0.3) is 0 Å². The van der Waals surface area contributed by atoms with E-state index in [1.165, 1.54) is 18.4 Å². The molecule has 0 aliphatic carbocycles. The molecule has 1 aliphatic rings. The minimum atomic E-state index is 0.716. The van der Waals surface area contributed by atoms with E-state index in [0.29, 0.717) is 6.54 Å². The van der Waals surface area contributed by atoms with E-state index < -0.39 is 0 Å². The van der Waals surface area contributed by atoms with Gasteiger partial charge in [-0.2, -0.15) is 5.10 Å². The maximum absolute atomic E-state index is 5.83. The maximum atomic E-state index is 5.83. The third kappa shape index (κ3) is 4.17. The highest BCUT2D eigenvalue weighted by molar-refractivity contribution is 7.71. The van der Waals surface area contributed by atoms with E-state index in [1.54, 1.807) is 12.4 Å². The van der Waals surface area contributed by atoms with Crippen LogP contribution in [0.25, 0.3) is 11.4 Å². The first-order chi connectivity index (χ1) is 13.2. The summed E-state index contributed by atoms with van der Waals surface area (Å²) in [6.07, 6.45) is 6.16. The van der Waals surface area contributed by atoms with Crippen LogP contribution in [0.5, 0.6) is 0 Å². The standard InChI is InChI=1S/C21H25N5S/c1-17-6-5-13-24(14-17)16-26-21(27)25(15-18-7-3-2-4-8-18)20(23-26)19-9-11-22-12-10-19/h2-4,7-12,17H,5-6,13-16H2,1H3. The van der Waals surface area contributed by atoms with Gasteiger partial charge in [0.05, 0.1) is 13.2 Å². The van der Waals surface area contributed by atoms with E-state index >= 15 is 0 Å². The highest BCUT2D eigenvalue weighted by Gasteiger charge is 2.19. The molecule has 1 unspecified atom stereocenters. The third-order valence-corrected chi connectivity index (χ3v) is 5.55. The molecular formula is C21H25N5S. The number of hydrogen-bond acceptors (Lipinski definition) is 4. The SMILES string of the molecule is CC1CCCN(Cn2nc(-c3ccncc3)n(Cc3ccccc3)c2=S)C1. The number of likely N-dealkylation sites (tertiary alicyclic amines) is 1. The summed E-state index contributed by atoms with van der Waals surface area (Å²) in [7, 11) is 0. The van der Waals surface area contributed by atoms with E-state index in [2.05, 4.69) is 45.6 Å². The summed E-state index contributed by atoms with van der Waals surface area (Å²) in [5.74, 6) is 1.63. The molecule has 4 rings (SSSR count). The van der Waals surface area contributed by atoms with E-state index in [4.69, 9.17) is 17.3 Å². The molecule has 1 saturated heterocycles. The van der Waals surface area contributed by atoms with Gasteiger partial charge in [0.1, 0.15) is 0 Å². The molecule has 5 nitrogen and oxygen atoms in total. The molecule has 0 N–H and O–H groups in total. The predicted molar refractivity (Wildman–Crippen MR) is 110 cm³/mol. The molecule has 0 radical (unpaired) electrons. The first-order valence-electron chi connectivity index (χ1n) is 9.55. The van der Waals surface area contributed by atoms with Gasteiger partial charge in [-0.05, 0) is 55.2 Å². The Labute approximate surface area is 165 Å². The number of benzene rings is 1. The van der Waals surface area contributed by atoms with Crippen molar-refractivity contribution in [1.29, 1.82) is 0 Å². The van der Waals surface area contributed by atoms with Gasteiger partial charge in [-0.15, -0.1) is 0 Å². The van der Waals surface area contributed by atoms with Crippen LogP contribution in [0.3, 0.4) is 0 Å². The number of nitrogens with zero attached hydrogens (tertiary/aromatic N) is 5. The molecular weight excluding hydrogens is 354 g/mol. The summed E-state index contributed by atoms with van der Waals surface area (Å²) in [6, 6.07) is 14.4. The number of piperidine rings is 1. The van der Waals surface area contributed by atoms with Crippen LogP contribution in [-0.4, -0.2) is 37.3 Å². The lowest BCUT2D eigenvalue weighted by atomic mass is 10.0. The van der Waals surface area contributed by atoms with Crippen LogP contribution in [0.15, 0.2) is 54.9 Å². The van der Waals surface area contributed by atoms with Crippen LogP contribution in [0.1, 0.15) is 25.3 Å². The van der Waals surface area contributed by atoms with Gasteiger partial charge in [-0.1, -0.05) is 37.3 Å². The first kappa shape index (κ1) is 18.1. The first-order valence-corrected chi connectivity index (χ1v) is 9.96. The topological polar surface area (TPSA) is 38.9 Å². The van der Waals surface area contributed by atoms with Crippen LogP contribution in [-0.2, 0) is 13.2 Å². The highest BCUT2D eigenvalue weighted by atomic mass is 32.1. The molecule has 3 aromatic rings. The molecule has 0 amide bonds. The van der Waals surface area contributed by atoms with Crippen molar-refractivity contribution in [3.05, 3.63) is 65.2 Å². The Morgan fingerprint density at radius 2 is 1.89 bits per heavy atom. The summed E-state index contributed by atoms with van der Waals surface area (Å²) >= 11 is 5.83. The average Bonchev–Trinajstić information content (AvgIpc) is 2.99. The fourth-order valence-corrected chi connectivity index (χ4v) is 4.01. The Balaban J connectivity index is 1.69. The van der Waals surface area contributed by atoms with Crippen molar-refractivity contribution in [2.75, 3.05) is 13.1 Å². The summed E-state index contributed by atoms with van der Waals surface area (Å²) in [4.78, 5) is 6.60. The Bertz CT molecular complexity index is 932. The van der Waals surface area contributed by atoms with E-state index in [0.717, 1.165) is 41.8 Å². The lowest BCUT2D eigenvalue weighted by Crippen LogP contribution is -2.36. The zero-order valence-corrected chi connectivity index (χ0v) is 16.5. The van der Waals surface area contributed by atoms with Crippen molar-refractivity contribution in [1.82, 2.24) is 24.2 Å². The lowest BCUT2D eigenvalue weighted by Gasteiger charge is -2.30. The molecule has 1 fully saturated rings. The van der Waals surface area contributed by atoms with Crippen LogP contribution in [0.4, 0.5) is 0 Å². The van der Waals surface area contributed by atoms with Crippen LogP contribution >= 0.6 is 12.2 Å². The van der Waals surface area contributed by atoms with Gasteiger partial charge >= 0.3 is 0 Å². The predicted octanol–water partition coefficient (Wildman–Crippen LogP) is 4.21. The molecule has 1 aromatic carbocycles. The molecule has 27 heavy (non-hydrogen) atoms. The molecule has 2 aromatic heterocycles. The molecule has 1 aliphatic heterocycles. The monoisotopic (exact) mass is 379 g/mol. The van der Waals surface area contributed by atoms with Crippen molar-refractivity contribution in [2.24, 2.45) is 5.92 Å². The number of hydrogen-bond donors (Lipinski definition) is 0. The number of aromatic nitrogens is 4. The summed E-state index contributed by atoms with van der Waals surface area (Å²) in [5.41, 5.74) is 2.26.